The normalized spacial score (nSPS) is 11.8. The summed E-state index contributed by atoms with van der Waals surface area (Å²) in [5, 5.41) is 6.93. The van der Waals surface area contributed by atoms with Crippen molar-refractivity contribution in [1.29, 1.82) is 0 Å². The van der Waals surface area contributed by atoms with E-state index in [1.807, 2.05) is 6.92 Å². The lowest BCUT2D eigenvalue weighted by atomic mass is 10.1. The quantitative estimate of drug-likeness (QED) is 0.319. The summed E-state index contributed by atoms with van der Waals surface area (Å²) in [7, 11) is 1.32. The first kappa shape index (κ1) is 22.6. The number of hydrogen-bond donors (Lipinski definition) is 2. The van der Waals surface area contributed by atoms with Crippen molar-refractivity contribution in [3.05, 3.63) is 87.4 Å². The molecule has 2 N–H and O–H groups in total. The van der Waals surface area contributed by atoms with E-state index in [4.69, 9.17) is 32.4 Å². The number of nitrogens with zero attached hydrogens (tertiary/aromatic N) is 1. The molecule has 0 saturated heterocycles. The van der Waals surface area contributed by atoms with Crippen LogP contribution in [0.5, 0.6) is 0 Å². The number of aromatic nitrogens is 1. The van der Waals surface area contributed by atoms with E-state index in [2.05, 4.69) is 15.6 Å². The van der Waals surface area contributed by atoms with Gasteiger partial charge in [-0.05, 0) is 61.0 Å². The third-order valence-electron chi connectivity index (χ3n) is 4.97. The number of ether oxygens (including phenoxy) is 1. The van der Waals surface area contributed by atoms with E-state index < -0.39 is 5.97 Å². The zero-order valence-electron chi connectivity index (χ0n) is 17.7. The van der Waals surface area contributed by atoms with Crippen LogP contribution in [0.3, 0.4) is 0 Å². The van der Waals surface area contributed by atoms with E-state index in [9.17, 15) is 9.59 Å². The minimum absolute atomic E-state index is 0.218. The summed E-state index contributed by atoms with van der Waals surface area (Å²) in [6, 6.07) is 16.9. The maximum atomic E-state index is 13.1. The van der Waals surface area contributed by atoms with Gasteiger partial charge in [-0.1, -0.05) is 35.3 Å². The van der Waals surface area contributed by atoms with Gasteiger partial charge in [0.05, 0.1) is 24.3 Å². The molecule has 0 radical (unpaired) electrons. The molecule has 168 valence electrons. The number of methoxy groups -OCH3 is 1. The Kier molecular flexibility index (Phi) is 6.53. The molecule has 4 rings (SSSR count). The van der Waals surface area contributed by atoms with Gasteiger partial charge in [-0.25, -0.2) is 4.79 Å². The number of rotatable bonds is 6. The van der Waals surface area contributed by atoms with Crippen molar-refractivity contribution in [1.82, 2.24) is 10.3 Å². The fraction of sp³-hybridized carbons (Fsp3) is 0.125. The van der Waals surface area contributed by atoms with Crippen LogP contribution in [0.15, 0.2) is 65.1 Å². The predicted octanol–water partition coefficient (Wildman–Crippen LogP) is 6.16. The van der Waals surface area contributed by atoms with Gasteiger partial charge < -0.3 is 19.8 Å². The lowest BCUT2D eigenvalue weighted by molar-refractivity contribution is 0.0600. The van der Waals surface area contributed by atoms with Crippen molar-refractivity contribution in [2.24, 2.45) is 0 Å². The van der Waals surface area contributed by atoms with Gasteiger partial charge in [0.15, 0.2) is 5.58 Å². The third-order valence-corrected chi connectivity index (χ3v) is 5.44. The van der Waals surface area contributed by atoms with Crippen LogP contribution >= 0.6 is 23.2 Å². The van der Waals surface area contributed by atoms with Crippen molar-refractivity contribution >= 4 is 57.9 Å². The molecular weight excluding hydrogens is 465 g/mol. The number of fused-ring (bicyclic) bond motifs is 1. The minimum atomic E-state index is -0.423. The Morgan fingerprint density at radius 1 is 1.00 bits per heavy atom. The monoisotopic (exact) mass is 483 g/mol. The number of esters is 1. The molecule has 0 fully saturated rings. The first-order valence-electron chi connectivity index (χ1n) is 9.96. The Morgan fingerprint density at radius 2 is 1.70 bits per heavy atom. The highest BCUT2D eigenvalue weighted by atomic mass is 35.5. The van der Waals surface area contributed by atoms with Crippen molar-refractivity contribution in [2.45, 2.75) is 13.0 Å². The summed E-state index contributed by atoms with van der Waals surface area (Å²) in [5.74, 6) is -0.797. The molecule has 0 unspecified atom stereocenters. The molecule has 4 aromatic rings. The van der Waals surface area contributed by atoms with E-state index in [0.29, 0.717) is 26.7 Å². The average Bonchev–Trinajstić information content (AvgIpc) is 3.21. The second-order valence-corrected chi connectivity index (χ2v) is 8.13. The van der Waals surface area contributed by atoms with Gasteiger partial charge in [0.25, 0.3) is 11.9 Å². The molecule has 1 heterocycles. The van der Waals surface area contributed by atoms with Crippen LogP contribution in [0.4, 0.5) is 11.7 Å². The number of halogens is 2. The lowest BCUT2D eigenvalue weighted by Gasteiger charge is -2.15. The Hall–Kier alpha value is -3.55. The minimum Gasteiger partial charge on any atom is -0.465 e. The molecule has 1 aromatic heterocycles. The summed E-state index contributed by atoms with van der Waals surface area (Å²) in [5.41, 5.74) is 2.98. The molecule has 1 atom stereocenters. The average molecular weight is 484 g/mol. The van der Waals surface area contributed by atoms with Gasteiger partial charge >= 0.3 is 5.97 Å². The van der Waals surface area contributed by atoms with Gasteiger partial charge in [0.1, 0.15) is 5.52 Å². The number of carbonyl (C=O) groups is 2. The highest BCUT2D eigenvalue weighted by Crippen LogP contribution is 2.29. The Bertz CT molecular complexity index is 1320. The molecule has 0 aliphatic rings. The van der Waals surface area contributed by atoms with Crippen LogP contribution in [0.25, 0.3) is 11.1 Å². The Balaban J connectivity index is 1.56. The maximum absolute atomic E-state index is 13.1. The van der Waals surface area contributed by atoms with Crippen LogP contribution < -0.4 is 10.6 Å². The number of benzene rings is 3. The fourth-order valence-corrected chi connectivity index (χ4v) is 3.60. The first-order chi connectivity index (χ1) is 15.8. The first-order valence-corrected chi connectivity index (χ1v) is 10.7. The van der Waals surface area contributed by atoms with Gasteiger partial charge in [-0.2, -0.15) is 4.98 Å². The molecule has 0 saturated carbocycles. The van der Waals surface area contributed by atoms with Crippen molar-refractivity contribution in [3.8, 4) is 0 Å². The Morgan fingerprint density at radius 3 is 2.36 bits per heavy atom. The van der Waals surface area contributed by atoms with Gasteiger partial charge in [0, 0.05) is 15.7 Å². The van der Waals surface area contributed by atoms with Crippen molar-refractivity contribution < 1.29 is 18.7 Å². The van der Waals surface area contributed by atoms with E-state index in [0.717, 1.165) is 11.3 Å². The molecule has 0 aliphatic heterocycles. The number of carbonyl (C=O) groups excluding carboxylic acids is 2. The standard InChI is InChI=1S/C24H19Cl2N3O4/c1-13(14-3-5-15(6-4-14)23(31)32-2)27-22(30)19-11-17(26)12-20-21(19)33-24(29-20)28-18-9-7-16(25)8-10-18/h3-13H,1-2H3,(H,27,30)(H,28,29)/t13-/m0/s1. The van der Waals surface area contributed by atoms with E-state index in [-0.39, 0.29) is 23.5 Å². The van der Waals surface area contributed by atoms with Crippen molar-refractivity contribution in [2.75, 3.05) is 12.4 Å². The SMILES string of the molecule is COC(=O)c1ccc([C@H](C)NC(=O)c2cc(Cl)cc3nc(Nc4ccc(Cl)cc4)oc23)cc1. The highest BCUT2D eigenvalue weighted by molar-refractivity contribution is 6.32. The van der Waals surface area contributed by atoms with Crippen LogP contribution in [-0.2, 0) is 4.74 Å². The van der Waals surface area contributed by atoms with Crippen LogP contribution in [0.1, 0.15) is 39.2 Å². The second-order valence-electron chi connectivity index (χ2n) is 7.26. The zero-order chi connectivity index (χ0) is 23.5. The highest BCUT2D eigenvalue weighted by Gasteiger charge is 2.20. The Labute approximate surface area is 199 Å². The van der Waals surface area contributed by atoms with Crippen LogP contribution in [-0.4, -0.2) is 24.0 Å². The number of oxazole rings is 1. The summed E-state index contributed by atoms with van der Waals surface area (Å²) in [6.45, 7) is 1.83. The molecular formula is C24H19Cl2N3O4. The molecule has 0 bridgehead atoms. The zero-order valence-corrected chi connectivity index (χ0v) is 19.2. The predicted molar refractivity (Wildman–Crippen MR) is 127 cm³/mol. The molecule has 9 heteroatoms. The lowest BCUT2D eigenvalue weighted by Crippen LogP contribution is -2.26. The molecule has 0 spiro atoms. The topological polar surface area (TPSA) is 93.5 Å². The second kappa shape index (κ2) is 9.52. The van der Waals surface area contributed by atoms with Gasteiger partial charge in [-0.3, -0.25) is 4.79 Å². The molecule has 3 aromatic carbocycles. The number of anilines is 2. The number of amides is 1. The molecule has 0 aliphatic carbocycles. The van der Waals surface area contributed by atoms with E-state index in [1.54, 1.807) is 54.6 Å². The van der Waals surface area contributed by atoms with Gasteiger partial charge in [-0.15, -0.1) is 0 Å². The van der Waals surface area contributed by atoms with Crippen LogP contribution in [0, 0.1) is 0 Å². The third kappa shape index (κ3) is 5.10. The van der Waals surface area contributed by atoms with Crippen molar-refractivity contribution in [3.63, 3.8) is 0 Å². The van der Waals surface area contributed by atoms with E-state index in [1.165, 1.54) is 13.2 Å². The number of hydrogen-bond acceptors (Lipinski definition) is 6. The summed E-state index contributed by atoms with van der Waals surface area (Å²) in [4.78, 5) is 29.1. The fourth-order valence-electron chi connectivity index (χ4n) is 3.26. The summed E-state index contributed by atoms with van der Waals surface area (Å²) in [6.07, 6.45) is 0. The number of nitrogens with one attached hydrogen (secondary N) is 2. The summed E-state index contributed by atoms with van der Waals surface area (Å²) < 4.78 is 10.5. The van der Waals surface area contributed by atoms with E-state index >= 15 is 0 Å². The van der Waals surface area contributed by atoms with Gasteiger partial charge in [0.2, 0.25) is 0 Å². The smallest absolute Gasteiger partial charge is 0.337 e. The van der Waals surface area contributed by atoms with Crippen LogP contribution in [0.2, 0.25) is 10.0 Å². The molecule has 1 amide bonds. The molecule has 7 nitrogen and oxygen atoms in total. The summed E-state index contributed by atoms with van der Waals surface area (Å²) >= 11 is 12.1. The largest absolute Gasteiger partial charge is 0.465 e. The maximum Gasteiger partial charge on any atom is 0.337 e. The molecule has 33 heavy (non-hydrogen) atoms.